The third kappa shape index (κ3) is 2.89. The van der Waals surface area contributed by atoms with Gasteiger partial charge in [0.05, 0.1) is 16.2 Å². The van der Waals surface area contributed by atoms with Crippen molar-refractivity contribution >= 4 is 51.9 Å². The van der Waals surface area contributed by atoms with E-state index in [4.69, 9.17) is 16.7 Å². The Balaban J connectivity index is 2.10. The van der Waals surface area contributed by atoms with Crippen molar-refractivity contribution in [1.82, 2.24) is 4.98 Å². The predicted molar refractivity (Wildman–Crippen MR) is 89.6 cm³/mol. The van der Waals surface area contributed by atoms with Gasteiger partial charge < -0.3 is 20.7 Å². The Bertz CT molecular complexity index is 955. The van der Waals surface area contributed by atoms with E-state index in [0.29, 0.717) is 34.4 Å². The van der Waals surface area contributed by atoms with E-state index in [2.05, 4.69) is 15.6 Å². The van der Waals surface area contributed by atoms with Crippen molar-refractivity contribution < 1.29 is 19.1 Å². The molecule has 0 aliphatic rings. The molecular formula is C16H11ClFN3O3. The first kappa shape index (κ1) is 15.8. The molecule has 0 radical (unpaired) electrons. The topological polar surface area (TPSA) is 94.2 Å². The first-order valence-corrected chi connectivity index (χ1v) is 7.18. The van der Waals surface area contributed by atoms with E-state index in [0.717, 1.165) is 0 Å². The molecule has 3 aromatic rings. The molecule has 4 N–H and O–H groups in total. The molecule has 2 aromatic carbocycles. The van der Waals surface area contributed by atoms with E-state index in [1.54, 1.807) is 12.1 Å². The lowest BCUT2D eigenvalue weighted by molar-refractivity contribution is -0.105. The molecule has 1 aromatic heterocycles. The lowest BCUT2D eigenvalue weighted by atomic mass is 10.1. The van der Waals surface area contributed by atoms with Crippen molar-refractivity contribution in [3.05, 3.63) is 52.9 Å². The number of benzene rings is 2. The molecule has 0 saturated carbocycles. The van der Waals surface area contributed by atoms with Crippen LogP contribution in [0.5, 0.6) is 0 Å². The van der Waals surface area contributed by atoms with Gasteiger partial charge in [0.1, 0.15) is 11.5 Å². The Labute approximate surface area is 140 Å². The molecule has 0 aliphatic heterocycles. The minimum atomic E-state index is -1.13. The van der Waals surface area contributed by atoms with Crippen LogP contribution in [0.15, 0.2) is 36.4 Å². The number of aromatic nitrogens is 1. The SMILES string of the molecule is O=CNc1ccc(Nc2ccc(F)c(Cl)c2)c2cc(C(=O)O)[nH]c12. The molecule has 0 saturated heterocycles. The van der Waals surface area contributed by atoms with Crippen LogP contribution in [0.4, 0.5) is 21.5 Å². The van der Waals surface area contributed by atoms with Gasteiger partial charge in [0.25, 0.3) is 0 Å². The van der Waals surface area contributed by atoms with E-state index in [1.807, 2.05) is 0 Å². The fourth-order valence-corrected chi connectivity index (χ4v) is 2.54. The fraction of sp³-hybridized carbons (Fsp3) is 0. The molecule has 0 spiro atoms. The van der Waals surface area contributed by atoms with E-state index in [9.17, 15) is 14.0 Å². The second kappa shape index (κ2) is 6.21. The average Bonchev–Trinajstić information content (AvgIpc) is 2.99. The number of aromatic amines is 1. The molecule has 6 nitrogen and oxygen atoms in total. The average molecular weight is 348 g/mol. The van der Waals surface area contributed by atoms with Crippen LogP contribution in [0.2, 0.25) is 5.02 Å². The summed E-state index contributed by atoms with van der Waals surface area (Å²) in [6, 6.07) is 8.89. The van der Waals surface area contributed by atoms with Gasteiger partial charge in [-0.25, -0.2) is 9.18 Å². The van der Waals surface area contributed by atoms with Crippen LogP contribution in [0.25, 0.3) is 10.9 Å². The molecular weight excluding hydrogens is 337 g/mol. The van der Waals surface area contributed by atoms with Crippen molar-refractivity contribution in [1.29, 1.82) is 0 Å². The van der Waals surface area contributed by atoms with Gasteiger partial charge in [0.15, 0.2) is 0 Å². The molecule has 1 amide bonds. The zero-order valence-electron chi connectivity index (χ0n) is 12.1. The number of fused-ring (bicyclic) bond motifs is 1. The number of nitrogens with one attached hydrogen (secondary N) is 3. The molecule has 1 heterocycles. The van der Waals surface area contributed by atoms with E-state index in [-0.39, 0.29) is 10.7 Å². The number of carbonyl (C=O) groups excluding carboxylic acids is 1. The lowest BCUT2D eigenvalue weighted by Gasteiger charge is -2.10. The highest BCUT2D eigenvalue weighted by atomic mass is 35.5. The van der Waals surface area contributed by atoms with Gasteiger partial charge in [-0.15, -0.1) is 0 Å². The largest absolute Gasteiger partial charge is 0.477 e. The Morgan fingerprint density at radius 2 is 1.96 bits per heavy atom. The summed E-state index contributed by atoms with van der Waals surface area (Å²) in [6.45, 7) is 0. The number of amides is 1. The highest BCUT2D eigenvalue weighted by Crippen LogP contribution is 2.33. The number of H-pyrrole nitrogens is 1. The molecule has 24 heavy (non-hydrogen) atoms. The summed E-state index contributed by atoms with van der Waals surface area (Å²) < 4.78 is 13.2. The van der Waals surface area contributed by atoms with Gasteiger partial charge in [-0.05, 0) is 36.4 Å². The van der Waals surface area contributed by atoms with Gasteiger partial charge in [0, 0.05) is 16.8 Å². The number of halogens is 2. The predicted octanol–water partition coefficient (Wildman–Crippen LogP) is 3.97. The zero-order chi connectivity index (χ0) is 17.3. The van der Waals surface area contributed by atoms with Gasteiger partial charge in [-0.3, -0.25) is 4.79 Å². The van der Waals surface area contributed by atoms with Gasteiger partial charge >= 0.3 is 5.97 Å². The van der Waals surface area contributed by atoms with Crippen LogP contribution in [-0.2, 0) is 4.79 Å². The number of hydrogen-bond donors (Lipinski definition) is 4. The number of anilines is 3. The Morgan fingerprint density at radius 1 is 1.21 bits per heavy atom. The maximum atomic E-state index is 13.2. The Hall–Kier alpha value is -3.06. The van der Waals surface area contributed by atoms with Crippen molar-refractivity contribution in [3.8, 4) is 0 Å². The minimum absolute atomic E-state index is 0.0228. The van der Waals surface area contributed by atoms with Gasteiger partial charge in [-0.2, -0.15) is 0 Å². The van der Waals surface area contributed by atoms with Crippen molar-refractivity contribution in [2.45, 2.75) is 0 Å². The summed E-state index contributed by atoms with van der Waals surface area (Å²) in [5, 5.41) is 15.2. The second-order valence-corrected chi connectivity index (χ2v) is 5.36. The molecule has 0 fully saturated rings. The normalized spacial score (nSPS) is 10.6. The molecule has 122 valence electrons. The first-order chi connectivity index (χ1) is 11.5. The first-order valence-electron chi connectivity index (χ1n) is 6.81. The Morgan fingerprint density at radius 3 is 2.62 bits per heavy atom. The van der Waals surface area contributed by atoms with Gasteiger partial charge in [-0.1, -0.05) is 11.6 Å². The molecule has 0 aliphatic carbocycles. The summed E-state index contributed by atoms with van der Waals surface area (Å²) in [4.78, 5) is 24.6. The highest BCUT2D eigenvalue weighted by Gasteiger charge is 2.14. The summed E-state index contributed by atoms with van der Waals surface area (Å²) in [6.07, 6.45) is 0.503. The molecule has 0 atom stereocenters. The zero-order valence-corrected chi connectivity index (χ0v) is 12.8. The van der Waals surface area contributed by atoms with Gasteiger partial charge in [0.2, 0.25) is 6.41 Å². The smallest absolute Gasteiger partial charge is 0.352 e. The fourth-order valence-electron chi connectivity index (χ4n) is 2.36. The van der Waals surface area contributed by atoms with Crippen molar-refractivity contribution in [3.63, 3.8) is 0 Å². The third-order valence-corrected chi connectivity index (χ3v) is 3.73. The van der Waals surface area contributed by atoms with Crippen LogP contribution in [0.1, 0.15) is 10.5 Å². The quantitative estimate of drug-likeness (QED) is 0.525. The lowest BCUT2D eigenvalue weighted by Crippen LogP contribution is -1.97. The maximum Gasteiger partial charge on any atom is 0.352 e. The third-order valence-electron chi connectivity index (χ3n) is 3.44. The highest BCUT2D eigenvalue weighted by molar-refractivity contribution is 6.31. The molecule has 8 heteroatoms. The number of rotatable bonds is 5. The van der Waals surface area contributed by atoms with Crippen LogP contribution in [-0.4, -0.2) is 22.5 Å². The monoisotopic (exact) mass is 347 g/mol. The van der Waals surface area contributed by atoms with E-state index >= 15 is 0 Å². The van der Waals surface area contributed by atoms with E-state index in [1.165, 1.54) is 24.3 Å². The second-order valence-electron chi connectivity index (χ2n) is 4.95. The van der Waals surface area contributed by atoms with Crippen LogP contribution in [0, 0.1) is 5.82 Å². The van der Waals surface area contributed by atoms with Crippen LogP contribution < -0.4 is 10.6 Å². The molecule has 0 bridgehead atoms. The number of carbonyl (C=O) groups is 2. The minimum Gasteiger partial charge on any atom is -0.477 e. The Kier molecular flexibility index (Phi) is 4.09. The maximum absolute atomic E-state index is 13.2. The summed E-state index contributed by atoms with van der Waals surface area (Å²) in [7, 11) is 0. The summed E-state index contributed by atoms with van der Waals surface area (Å²) in [5.41, 5.74) is 1.99. The number of carboxylic acid groups (broad SMARTS) is 1. The molecule has 0 unspecified atom stereocenters. The summed E-state index contributed by atoms with van der Waals surface area (Å²) in [5.74, 6) is -1.66. The summed E-state index contributed by atoms with van der Waals surface area (Å²) >= 11 is 5.76. The number of aromatic carboxylic acids is 1. The van der Waals surface area contributed by atoms with Crippen molar-refractivity contribution in [2.75, 3.05) is 10.6 Å². The van der Waals surface area contributed by atoms with Crippen LogP contribution in [0.3, 0.4) is 0 Å². The van der Waals surface area contributed by atoms with E-state index < -0.39 is 11.8 Å². The molecule has 3 rings (SSSR count). The standard InChI is InChI=1S/C16H11ClFN3O3/c17-10-5-8(1-2-11(10)18)20-12-3-4-13(19-7-22)15-9(12)6-14(21-15)16(23)24/h1-7,20-21H,(H,19,22)(H,23,24). The number of hydrogen-bond acceptors (Lipinski definition) is 3. The van der Waals surface area contributed by atoms with Crippen molar-refractivity contribution in [2.24, 2.45) is 0 Å². The van der Waals surface area contributed by atoms with Crippen LogP contribution >= 0.6 is 11.6 Å². The number of carboxylic acids is 1.